The van der Waals surface area contributed by atoms with Crippen LogP contribution in [0, 0.1) is 11.8 Å². The minimum atomic E-state index is -0.959. The maximum absolute atomic E-state index is 13.9. The van der Waals surface area contributed by atoms with Crippen molar-refractivity contribution in [2.24, 2.45) is 11.8 Å². The van der Waals surface area contributed by atoms with Gasteiger partial charge in [-0.15, -0.1) is 0 Å². The standard InChI is InChI=1S/C62H68N2O10/c1-39-47(25-27-53-59(3,4)49-13-9-11-15-51(49)63(53)37-41-17-21-45(22-18-41)55(65)69-7)57(67)73-61(71-39)33-29-43(30-34-61)44-31-35-62(36-32-44)72-40(2)48(58(68)74-62)26-28-54-60(5,6)50-14-10-12-16-52(50)64(54)38-42-19-23-46(24-20-42)56(66)70-8/h9-28,39-40,43-44H,29-38H2,1-8H3/b47-25+,48-26+,53-27-,54-28-. The predicted molar refractivity (Wildman–Crippen MR) is 282 cm³/mol. The zero-order valence-electron chi connectivity index (χ0n) is 43.9. The molecule has 12 nitrogen and oxygen atoms in total. The van der Waals surface area contributed by atoms with Crippen LogP contribution in [0.2, 0.25) is 0 Å². The molecule has 4 aromatic rings. The number of benzene rings is 4. The molecule has 4 fully saturated rings. The van der Waals surface area contributed by atoms with Crippen molar-refractivity contribution in [2.75, 3.05) is 24.0 Å². The van der Waals surface area contributed by atoms with Gasteiger partial charge >= 0.3 is 23.9 Å². The Labute approximate surface area is 435 Å². The van der Waals surface area contributed by atoms with Gasteiger partial charge in [-0.2, -0.15) is 0 Å². The maximum atomic E-state index is 13.9. The molecule has 0 amide bonds. The minimum absolute atomic E-state index is 0.342. The van der Waals surface area contributed by atoms with Gasteiger partial charge in [0.25, 0.3) is 0 Å². The number of nitrogens with zero attached hydrogens (tertiary/aromatic N) is 2. The highest BCUT2D eigenvalue weighted by atomic mass is 16.7. The molecule has 4 aromatic carbocycles. The molecular formula is C62H68N2O10. The molecule has 74 heavy (non-hydrogen) atoms. The van der Waals surface area contributed by atoms with Gasteiger partial charge in [0.2, 0.25) is 11.6 Å². The number of methoxy groups -OCH3 is 2. The normalized spacial score (nSPS) is 29.1. The third-order valence-corrected chi connectivity index (χ3v) is 16.8. The average Bonchev–Trinajstić information content (AvgIpc) is 3.73. The summed E-state index contributed by atoms with van der Waals surface area (Å²) in [5, 5.41) is 0. The largest absolute Gasteiger partial charge is 0.465 e. The summed E-state index contributed by atoms with van der Waals surface area (Å²) < 4.78 is 35.7. The first-order valence-corrected chi connectivity index (χ1v) is 26.2. The summed E-state index contributed by atoms with van der Waals surface area (Å²) in [4.78, 5) is 56.7. The first kappa shape index (κ1) is 50.8. The number of hydrogen-bond acceptors (Lipinski definition) is 12. The fraction of sp³-hybridized carbons (Fsp3) is 0.419. The molecule has 386 valence electrons. The highest BCUT2D eigenvalue weighted by Crippen LogP contribution is 2.52. The summed E-state index contributed by atoms with van der Waals surface area (Å²) in [5.74, 6) is -2.49. The number of para-hydroxylation sites is 2. The molecule has 4 heterocycles. The van der Waals surface area contributed by atoms with Crippen molar-refractivity contribution >= 4 is 35.3 Å². The topological polar surface area (TPSA) is 130 Å². The van der Waals surface area contributed by atoms with Gasteiger partial charge in [0, 0.05) is 72.4 Å². The number of esters is 4. The van der Waals surface area contributed by atoms with Crippen LogP contribution >= 0.6 is 0 Å². The van der Waals surface area contributed by atoms with Crippen molar-refractivity contribution in [2.45, 2.75) is 141 Å². The summed E-state index contributed by atoms with van der Waals surface area (Å²) in [5.41, 5.74) is 9.98. The number of allylic oxidation sites excluding steroid dienone is 6. The Kier molecular flexibility index (Phi) is 13.6. The van der Waals surface area contributed by atoms with Crippen molar-refractivity contribution in [3.05, 3.63) is 177 Å². The lowest BCUT2D eigenvalue weighted by Crippen LogP contribution is -2.51. The Bertz CT molecular complexity index is 2760. The lowest BCUT2D eigenvalue weighted by atomic mass is 9.70. The van der Waals surface area contributed by atoms with Gasteiger partial charge in [-0.3, -0.25) is 0 Å². The molecule has 0 aromatic heterocycles. The second kappa shape index (κ2) is 19.8. The monoisotopic (exact) mass is 1000 g/mol. The number of hydrogen-bond donors (Lipinski definition) is 0. The molecule has 0 bridgehead atoms. The fourth-order valence-corrected chi connectivity index (χ4v) is 12.6. The molecule has 0 radical (unpaired) electrons. The molecule has 2 aliphatic carbocycles. The number of carbonyl (C=O) groups is 4. The van der Waals surface area contributed by atoms with E-state index in [-0.39, 0.29) is 34.7 Å². The zero-order valence-corrected chi connectivity index (χ0v) is 43.9. The molecule has 6 aliphatic rings. The summed E-state index contributed by atoms with van der Waals surface area (Å²) in [6.45, 7) is 13.8. The van der Waals surface area contributed by atoms with Crippen LogP contribution < -0.4 is 9.80 Å². The minimum Gasteiger partial charge on any atom is -0.465 e. The molecule has 2 spiro atoms. The zero-order chi connectivity index (χ0) is 52.2. The van der Waals surface area contributed by atoms with Crippen LogP contribution in [0.4, 0.5) is 11.4 Å². The Morgan fingerprint density at radius 3 is 1.23 bits per heavy atom. The molecular weight excluding hydrogens is 933 g/mol. The Hall–Kier alpha value is -6.76. The molecule has 10 rings (SSSR count). The van der Waals surface area contributed by atoms with Crippen molar-refractivity contribution in [1.82, 2.24) is 0 Å². The smallest absolute Gasteiger partial charge is 0.339 e. The van der Waals surface area contributed by atoms with Gasteiger partial charge in [-0.05, 0) is 134 Å². The number of ether oxygens (including phenoxy) is 6. The second-order valence-corrected chi connectivity index (χ2v) is 22.0. The van der Waals surface area contributed by atoms with E-state index < -0.39 is 23.8 Å². The van der Waals surface area contributed by atoms with Crippen molar-refractivity contribution in [3.63, 3.8) is 0 Å². The summed E-state index contributed by atoms with van der Waals surface area (Å²) in [6, 6.07) is 31.7. The summed E-state index contributed by atoms with van der Waals surface area (Å²) >= 11 is 0. The number of anilines is 2. The average molecular weight is 1000 g/mol. The van der Waals surface area contributed by atoms with E-state index in [9.17, 15) is 19.2 Å². The molecule has 0 N–H and O–H groups in total. The first-order chi connectivity index (χ1) is 35.4. The lowest BCUT2D eigenvalue weighted by Gasteiger charge is -2.48. The SMILES string of the molecule is COC(=O)c1ccc(CN2/C(=C\C=C3\C(=O)OC4(CCC(C5CCC6(CC5)OC(=O)/C(=C/C=C5\N(Cc7ccc(C(=O)OC)cc7)c7ccccc7C5(C)C)C(C)O6)CC4)OC3C)C(C)(C)c3ccccc32)cc1. The Morgan fingerprint density at radius 1 is 0.541 bits per heavy atom. The first-order valence-electron chi connectivity index (χ1n) is 26.2. The van der Waals surface area contributed by atoms with Crippen molar-refractivity contribution < 1.29 is 47.6 Å². The van der Waals surface area contributed by atoms with Gasteiger partial charge in [0.1, 0.15) is 0 Å². The van der Waals surface area contributed by atoms with E-state index in [1.165, 1.54) is 25.3 Å². The Morgan fingerprint density at radius 2 is 0.892 bits per heavy atom. The molecule has 2 saturated carbocycles. The Balaban J connectivity index is 0.761. The molecule has 2 atom stereocenters. The molecule has 2 saturated heterocycles. The van der Waals surface area contributed by atoms with Crippen LogP contribution in [0.25, 0.3) is 0 Å². The second-order valence-electron chi connectivity index (χ2n) is 22.0. The van der Waals surface area contributed by atoms with Crippen LogP contribution in [0.15, 0.2) is 144 Å². The van der Waals surface area contributed by atoms with E-state index >= 15 is 0 Å². The van der Waals surface area contributed by atoms with E-state index in [4.69, 9.17) is 28.4 Å². The van der Waals surface area contributed by atoms with E-state index in [2.05, 4.69) is 73.9 Å². The van der Waals surface area contributed by atoms with E-state index in [0.717, 1.165) is 59.6 Å². The third-order valence-electron chi connectivity index (χ3n) is 16.8. The van der Waals surface area contributed by atoms with Gasteiger partial charge < -0.3 is 38.2 Å². The van der Waals surface area contributed by atoms with Gasteiger partial charge in [-0.25, -0.2) is 19.2 Å². The quantitative estimate of drug-likeness (QED) is 0.0899. The van der Waals surface area contributed by atoms with Gasteiger partial charge in [0.15, 0.2) is 0 Å². The van der Waals surface area contributed by atoms with Crippen molar-refractivity contribution in [1.29, 1.82) is 0 Å². The maximum Gasteiger partial charge on any atom is 0.339 e. The highest BCUT2D eigenvalue weighted by Gasteiger charge is 2.51. The molecule has 2 unspecified atom stereocenters. The summed E-state index contributed by atoms with van der Waals surface area (Å²) in [6.07, 6.45) is 12.9. The fourth-order valence-electron chi connectivity index (χ4n) is 12.6. The van der Waals surface area contributed by atoms with Crippen LogP contribution in [0.5, 0.6) is 0 Å². The van der Waals surface area contributed by atoms with Crippen LogP contribution in [-0.2, 0) is 61.9 Å². The number of fused-ring (bicyclic) bond motifs is 2. The van der Waals surface area contributed by atoms with Crippen molar-refractivity contribution in [3.8, 4) is 0 Å². The highest BCUT2D eigenvalue weighted by molar-refractivity contribution is 5.92. The van der Waals surface area contributed by atoms with E-state index in [1.807, 2.05) is 74.5 Å². The molecule has 12 heteroatoms. The number of rotatable bonds is 9. The summed E-state index contributed by atoms with van der Waals surface area (Å²) in [7, 11) is 2.76. The third kappa shape index (κ3) is 9.40. The van der Waals surface area contributed by atoms with Crippen LogP contribution in [-0.4, -0.2) is 61.9 Å². The lowest BCUT2D eigenvalue weighted by molar-refractivity contribution is -0.280. The van der Waals surface area contributed by atoms with Gasteiger partial charge in [-0.1, -0.05) is 88.4 Å². The van der Waals surface area contributed by atoms with Gasteiger partial charge in [0.05, 0.1) is 48.7 Å². The molecule has 4 aliphatic heterocycles. The van der Waals surface area contributed by atoms with E-state index in [0.29, 0.717) is 72.9 Å². The van der Waals surface area contributed by atoms with Crippen LogP contribution in [0.3, 0.4) is 0 Å². The van der Waals surface area contributed by atoms with Crippen LogP contribution in [0.1, 0.15) is 136 Å². The predicted octanol–water partition coefficient (Wildman–Crippen LogP) is 11.9. The number of carbonyl (C=O) groups excluding carboxylic acids is 4. The van der Waals surface area contributed by atoms with E-state index in [1.54, 1.807) is 24.3 Å².